The van der Waals surface area contributed by atoms with Crippen LogP contribution in [0.25, 0.3) is 11.0 Å². The Balaban J connectivity index is 1.80. The van der Waals surface area contributed by atoms with Gasteiger partial charge in [0.05, 0.1) is 22.5 Å². The fourth-order valence-corrected chi connectivity index (χ4v) is 4.52. The number of fused-ring (bicyclic) bond motifs is 1. The van der Waals surface area contributed by atoms with Gasteiger partial charge in [0.25, 0.3) is 0 Å². The smallest absolute Gasteiger partial charge is 0.329 e. The van der Waals surface area contributed by atoms with Crippen molar-refractivity contribution < 1.29 is 13.2 Å². The largest absolute Gasteiger partial charge is 0.351 e. The maximum absolute atomic E-state index is 12.2. The van der Waals surface area contributed by atoms with Gasteiger partial charge in [-0.25, -0.2) is 13.2 Å². The van der Waals surface area contributed by atoms with E-state index in [1.165, 1.54) is 9.13 Å². The third-order valence-electron chi connectivity index (χ3n) is 3.95. The van der Waals surface area contributed by atoms with E-state index in [9.17, 15) is 18.0 Å². The van der Waals surface area contributed by atoms with E-state index in [4.69, 9.17) is 0 Å². The molecule has 22 heavy (non-hydrogen) atoms. The number of para-hydroxylation sites is 2. The zero-order valence-corrected chi connectivity index (χ0v) is 13.0. The highest BCUT2D eigenvalue weighted by molar-refractivity contribution is 7.91. The van der Waals surface area contributed by atoms with Crippen LogP contribution in [0.1, 0.15) is 6.42 Å². The number of sulfone groups is 1. The maximum Gasteiger partial charge on any atom is 0.329 e. The van der Waals surface area contributed by atoms with Crippen molar-refractivity contribution >= 4 is 26.8 Å². The van der Waals surface area contributed by atoms with Gasteiger partial charge in [-0.2, -0.15) is 0 Å². The van der Waals surface area contributed by atoms with Crippen LogP contribution in [0, 0.1) is 0 Å². The minimum atomic E-state index is -3.04. The number of amides is 1. The summed E-state index contributed by atoms with van der Waals surface area (Å²) in [5, 5.41) is 2.70. The third kappa shape index (κ3) is 2.66. The number of hydrogen-bond acceptors (Lipinski definition) is 4. The van der Waals surface area contributed by atoms with Crippen LogP contribution >= 0.6 is 0 Å². The molecule has 2 heterocycles. The number of carbonyl (C=O) groups is 1. The lowest BCUT2D eigenvalue weighted by atomic mass is 10.2. The first-order chi connectivity index (χ1) is 10.4. The molecule has 1 aliphatic heterocycles. The van der Waals surface area contributed by atoms with E-state index in [-0.39, 0.29) is 35.7 Å². The first-order valence-electron chi connectivity index (χ1n) is 7.01. The first-order valence-corrected chi connectivity index (χ1v) is 8.83. The average Bonchev–Trinajstić information content (AvgIpc) is 2.92. The van der Waals surface area contributed by atoms with Gasteiger partial charge in [-0.1, -0.05) is 12.1 Å². The van der Waals surface area contributed by atoms with Crippen LogP contribution in [0.4, 0.5) is 0 Å². The van der Waals surface area contributed by atoms with Crippen LogP contribution in [0.2, 0.25) is 0 Å². The Hall–Kier alpha value is -2.09. The highest BCUT2D eigenvalue weighted by Gasteiger charge is 2.29. The van der Waals surface area contributed by atoms with Crippen molar-refractivity contribution in [2.45, 2.75) is 19.0 Å². The summed E-state index contributed by atoms with van der Waals surface area (Å²) in [6, 6.07) is 6.87. The molecule has 8 heteroatoms. The van der Waals surface area contributed by atoms with Crippen molar-refractivity contribution in [1.82, 2.24) is 14.5 Å². The SMILES string of the molecule is Cn1c(=O)n(CC(=O)N[C@H]2CCS(=O)(=O)C2)c2ccccc21. The zero-order chi connectivity index (χ0) is 15.9. The monoisotopic (exact) mass is 323 g/mol. The molecule has 118 valence electrons. The summed E-state index contributed by atoms with van der Waals surface area (Å²) in [6.45, 7) is -0.114. The first kappa shape index (κ1) is 14.8. The van der Waals surface area contributed by atoms with E-state index in [1.807, 2.05) is 12.1 Å². The van der Waals surface area contributed by atoms with Crippen molar-refractivity contribution in [3.63, 3.8) is 0 Å². The molecule has 0 unspecified atom stereocenters. The average molecular weight is 323 g/mol. The molecule has 0 saturated carbocycles. The van der Waals surface area contributed by atoms with Gasteiger partial charge in [-0.05, 0) is 18.6 Å². The standard InChI is InChI=1S/C14H17N3O4S/c1-16-11-4-2-3-5-12(11)17(14(16)19)8-13(18)15-10-6-7-22(20,21)9-10/h2-5,10H,6-9H2,1H3,(H,15,18)/t10-/m0/s1. The molecular formula is C14H17N3O4S. The summed E-state index contributed by atoms with van der Waals surface area (Å²) in [5.41, 5.74) is 1.17. The van der Waals surface area contributed by atoms with Crippen LogP contribution in [0.15, 0.2) is 29.1 Å². The number of aryl methyl sites for hydroxylation is 1. The Morgan fingerprint density at radius 3 is 2.64 bits per heavy atom. The van der Waals surface area contributed by atoms with E-state index in [1.54, 1.807) is 19.2 Å². The van der Waals surface area contributed by atoms with E-state index in [0.29, 0.717) is 11.9 Å². The molecule has 1 aromatic heterocycles. The van der Waals surface area contributed by atoms with Crippen molar-refractivity contribution in [3.8, 4) is 0 Å². The quantitative estimate of drug-likeness (QED) is 0.835. The van der Waals surface area contributed by atoms with Crippen molar-refractivity contribution in [1.29, 1.82) is 0 Å². The summed E-state index contributed by atoms with van der Waals surface area (Å²) >= 11 is 0. The predicted molar refractivity (Wildman–Crippen MR) is 82.4 cm³/mol. The van der Waals surface area contributed by atoms with Crippen molar-refractivity contribution in [2.24, 2.45) is 7.05 Å². The van der Waals surface area contributed by atoms with Gasteiger partial charge >= 0.3 is 5.69 Å². The fourth-order valence-electron chi connectivity index (χ4n) is 2.84. The molecule has 0 bridgehead atoms. The molecule has 1 aromatic carbocycles. The van der Waals surface area contributed by atoms with Gasteiger partial charge in [-0.3, -0.25) is 13.9 Å². The Labute approximate surface area is 127 Å². The Kier molecular flexibility index (Phi) is 3.56. The number of hydrogen-bond donors (Lipinski definition) is 1. The molecular weight excluding hydrogens is 306 g/mol. The number of nitrogens with one attached hydrogen (secondary N) is 1. The lowest BCUT2D eigenvalue weighted by Gasteiger charge is -2.11. The molecule has 0 spiro atoms. The number of carbonyl (C=O) groups excluding carboxylic acids is 1. The Bertz CT molecular complexity index is 894. The lowest BCUT2D eigenvalue weighted by molar-refractivity contribution is -0.122. The van der Waals surface area contributed by atoms with Crippen LogP contribution < -0.4 is 11.0 Å². The Morgan fingerprint density at radius 2 is 2.00 bits per heavy atom. The number of aromatic nitrogens is 2. The molecule has 1 atom stereocenters. The van der Waals surface area contributed by atoms with Gasteiger partial charge in [0.2, 0.25) is 5.91 Å². The molecule has 3 rings (SSSR count). The van der Waals surface area contributed by atoms with E-state index in [0.717, 1.165) is 5.52 Å². The number of imidazole rings is 1. The molecule has 1 N–H and O–H groups in total. The molecule has 1 fully saturated rings. The minimum Gasteiger partial charge on any atom is -0.351 e. The van der Waals surface area contributed by atoms with Crippen LogP contribution in [-0.4, -0.2) is 41.0 Å². The summed E-state index contributed by atoms with van der Waals surface area (Å²) < 4.78 is 25.7. The topological polar surface area (TPSA) is 90.2 Å². The number of benzene rings is 1. The fraction of sp³-hybridized carbons (Fsp3) is 0.429. The molecule has 1 saturated heterocycles. The predicted octanol–water partition coefficient (Wildman–Crippen LogP) is -0.357. The van der Waals surface area contributed by atoms with E-state index >= 15 is 0 Å². The lowest BCUT2D eigenvalue weighted by Crippen LogP contribution is -2.39. The molecule has 2 aromatic rings. The van der Waals surface area contributed by atoms with Crippen LogP contribution in [0.5, 0.6) is 0 Å². The zero-order valence-electron chi connectivity index (χ0n) is 12.2. The van der Waals surface area contributed by atoms with Gasteiger partial charge in [0.1, 0.15) is 6.54 Å². The highest BCUT2D eigenvalue weighted by atomic mass is 32.2. The Morgan fingerprint density at radius 1 is 1.32 bits per heavy atom. The third-order valence-corrected chi connectivity index (χ3v) is 5.72. The summed E-state index contributed by atoms with van der Waals surface area (Å²) in [6.07, 6.45) is 0.429. The second kappa shape index (κ2) is 5.28. The minimum absolute atomic E-state index is 0.0246. The van der Waals surface area contributed by atoms with Crippen molar-refractivity contribution in [2.75, 3.05) is 11.5 Å². The number of rotatable bonds is 3. The molecule has 7 nitrogen and oxygen atoms in total. The normalized spacial score (nSPS) is 20.3. The second-order valence-electron chi connectivity index (χ2n) is 5.58. The van der Waals surface area contributed by atoms with Gasteiger partial charge in [0, 0.05) is 13.1 Å². The second-order valence-corrected chi connectivity index (χ2v) is 7.81. The highest BCUT2D eigenvalue weighted by Crippen LogP contribution is 2.13. The van der Waals surface area contributed by atoms with Crippen molar-refractivity contribution in [3.05, 3.63) is 34.7 Å². The van der Waals surface area contributed by atoms with E-state index < -0.39 is 9.84 Å². The maximum atomic E-state index is 12.2. The number of nitrogens with zero attached hydrogens (tertiary/aromatic N) is 2. The summed E-state index contributed by atoms with van der Waals surface area (Å²) in [7, 11) is -1.38. The van der Waals surface area contributed by atoms with Gasteiger partial charge < -0.3 is 5.32 Å². The molecule has 1 aliphatic rings. The molecule has 1 amide bonds. The summed E-state index contributed by atoms with van der Waals surface area (Å²) in [4.78, 5) is 24.3. The van der Waals surface area contributed by atoms with Crippen LogP contribution in [-0.2, 0) is 28.2 Å². The molecule has 0 radical (unpaired) electrons. The molecule has 0 aliphatic carbocycles. The van der Waals surface area contributed by atoms with Crippen LogP contribution in [0.3, 0.4) is 0 Å². The van der Waals surface area contributed by atoms with E-state index in [2.05, 4.69) is 5.32 Å². The summed E-state index contributed by atoms with van der Waals surface area (Å²) in [5.74, 6) is -0.268. The van der Waals surface area contributed by atoms with Gasteiger partial charge in [0.15, 0.2) is 9.84 Å². The van der Waals surface area contributed by atoms with Gasteiger partial charge in [-0.15, -0.1) is 0 Å².